The highest BCUT2D eigenvalue weighted by Gasteiger charge is 2.31. The molecule has 102 valence electrons. The lowest BCUT2D eigenvalue weighted by molar-refractivity contribution is -0.147. The van der Waals surface area contributed by atoms with Gasteiger partial charge in [0.25, 0.3) is 0 Å². The van der Waals surface area contributed by atoms with Gasteiger partial charge in [0.15, 0.2) is 0 Å². The van der Waals surface area contributed by atoms with Gasteiger partial charge in [-0.05, 0) is 25.0 Å². The fourth-order valence-corrected chi connectivity index (χ4v) is 2.66. The average molecular weight is 302 g/mol. The predicted molar refractivity (Wildman–Crippen MR) is 73.2 cm³/mol. The van der Waals surface area contributed by atoms with E-state index < -0.39 is 5.92 Å². The van der Waals surface area contributed by atoms with Crippen LogP contribution in [0.15, 0.2) is 17.3 Å². The molecule has 0 amide bonds. The molecule has 2 rings (SSSR count). The van der Waals surface area contributed by atoms with Crippen LogP contribution in [0.25, 0.3) is 0 Å². The summed E-state index contributed by atoms with van der Waals surface area (Å²) in [6.07, 6.45) is 0.771. The van der Waals surface area contributed by atoms with Crippen LogP contribution in [0.1, 0.15) is 24.5 Å². The van der Waals surface area contributed by atoms with Gasteiger partial charge in [0.1, 0.15) is 0 Å². The lowest BCUT2D eigenvalue weighted by Gasteiger charge is -2.25. The van der Waals surface area contributed by atoms with Crippen molar-refractivity contribution in [3.05, 3.63) is 33.3 Å². The quantitative estimate of drug-likeness (QED) is 0.518. The maximum Gasteiger partial charge on any atom is 0.309 e. The molecule has 1 aliphatic rings. The van der Waals surface area contributed by atoms with Crippen LogP contribution in [0, 0.1) is 5.92 Å². The minimum absolute atomic E-state index is 0.314. The molecule has 0 saturated carbocycles. The second-order valence-electron chi connectivity index (χ2n) is 4.29. The number of ether oxygens (including phenoxy) is 1. The SMILES string of the molecule is CCOC(=O)C1CC(=NO)c2ccc(Cl)c(Cl)c2C1. The molecule has 1 unspecified atom stereocenters. The van der Waals surface area contributed by atoms with Gasteiger partial charge < -0.3 is 9.94 Å². The highest BCUT2D eigenvalue weighted by atomic mass is 35.5. The third-order valence-corrected chi connectivity index (χ3v) is 3.98. The monoisotopic (exact) mass is 301 g/mol. The summed E-state index contributed by atoms with van der Waals surface area (Å²) in [6, 6.07) is 3.40. The number of carbonyl (C=O) groups is 1. The number of esters is 1. The van der Waals surface area contributed by atoms with Crippen molar-refractivity contribution < 1.29 is 14.7 Å². The number of oxime groups is 1. The fourth-order valence-electron chi connectivity index (χ4n) is 2.25. The first kappa shape index (κ1) is 14.2. The highest BCUT2D eigenvalue weighted by Crippen LogP contribution is 2.35. The number of nitrogens with zero attached hydrogens (tertiary/aromatic N) is 1. The summed E-state index contributed by atoms with van der Waals surface area (Å²) in [6.45, 7) is 2.07. The number of carbonyl (C=O) groups excluding carboxylic acids is 1. The molecule has 0 fully saturated rings. The van der Waals surface area contributed by atoms with E-state index in [2.05, 4.69) is 5.16 Å². The first-order valence-corrected chi connectivity index (χ1v) is 6.68. The van der Waals surface area contributed by atoms with E-state index in [-0.39, 0.29) is 5.97 Å². The Morgan fingerprint density at radius 1 is 1.47 bits per heavy atom. The standard InChI is InChI=1S/C13H13Cl2NO3/c1-2-19-13(17)7-5-9-8(11(6-7)16-18)3-4-10(14)12(9)15/h3-4,7,18H,2,5-6H2,1H3. The molecule has 6 heteroatoms. The molecule has 0 bridgehead atoms. The topological polar surface area (TPSA) is 58.9 Å². The van der Waals surface area contributed by atoms with Crippen LogP contribution in [0.5, 0.6) is 0 Å². The minimum Gasteiger partial charge on any atom is -0.466 e. The molecule has 0 heterocycles. The molecule has 4 nitrogen and oxygen atoms in total. The van der Waals surface area contributed by atoms with E-state index in [9.17, 15) is 4.79 Å². The van der Waals surface area contributed by atoms with Gasteiger partial charge in [0, 0.05) is 12.0 Å². The summed E-state index contributed by atoms with van der Waals surface area (Å²) in [5.41, 5.74) is 1.89. The van der Waals surface area contributed by atoms with E-state index in [1.165, 1.54) is 0 Å². The molecule has 0 radical (unpaired) electrons. The third kappa shape index (κ3) is 2.69. The van der Waals surface area contributed by atoms with Crippen molar-refractivity contribution in [3.63, 3.8) is 0 Å². The van der Waals surface area contributed by atoms with Gasteiger partial charge in [0.05, 0.1) is 28.3 Å². The number of benzene rings is 1. The average Bonchev–Trinajstić information content (AvgIpc) is 2.42. The first-order chi connectivity index (χ1) is 9.08. The molecule has 1 atom stereocenters. The van der Waals surface area contributed by atoms with Crippen molar-refractivity contribution in [2.24, 2.45) is 11.1 Å². The van der Waals surface area contributed by atoms with Crippen LogP contribution in [0.2, 0.25) is 10.0 Å². The second-order valence-corrected chi connectivity index (χ2v) is 5.08. The highest BCUT2D eigenvalue weighted by molar-refractivity contribution is 6.43. The van der Waals surface area contributed by atoms with E-state index in [0.717, 1.165) is 11.1 Å². The largest absolute Gasteiger partial charge is 0.466 e. The van der Waals surface area contributed by atoms with Crippen molar-refractivity contribution in [1.29, 1.82) is 0 Å². The minimum atomic E-state index is -0.394. The molecular weight excluding hydrogens is 289 g/mol. The summed E-state index contributed by atoms with van der Waals surface area (Å²) in [4.78, 5) is 11.8. The Bertz CT molecular complexity index is 543. The molecule has 0 saturated heterocycles. The zero-order valence-electron chi connectivity index (χ0n) is 10.3. The summed E-state index contributed by atoms with van der Waals surface area (Å²) in [7, 11) is 0. The smallest absolute Gasteiger partial charge is 0.309 e. The Morgan fingerprint density at radius 2 is 2.21 bits per heavy atom. The van der Waals surface area contributed by atoms with Crippen LogP contribution in [0.3, 0.4) is 0 Å². The van der Waals surface area contributed by atoms with Crippen molar-refractivity contribution in [3.8, 4) is 0 Å². The van der Waals surface area contributed by atoms with E-state index >= 15 is 0 Å². The molecule has 1 aliphatic carbocycles. The van der Waals surface area contributed by atoms with Crippen molar-refractivity contribution in [1.82, 2.24) is 0 Å². The van der Waals surface area contributed by atoms with Gasteiger partial charge in [-0.25, -0.2) is 0 Å². The van der Waals surface area contributed by atoms with Gasteiger partial charge in [-0.2, -0.15) is 0 Å². The van der Waals surface area contributed by atoms with Gasteiger partial charge in [-0.15, -0.1) is 0 Å². The number of hydrogen-bond acceptors (Lipinski definition) is 4. The first-order valence-electron chi connectivity index (χ1n) is 5.93. The van der Waals surface area contributed by atoms with E-state index in [0.29, 0.717) is 35.2 Å². The normalized spacial score (nSPS) is 20.2. The Hall–Kier alpha value is -1.26. The van der Waals surface area contributed by atoms with Crippen molar-refractivity contribution in [2.75, 3.05) is 6.61 Å². The lowest BCUT2D eigenvalue weighted by Crippen LogP contribution is -2.28. The summed E-state index contributed by atoms with van der Waals surface area (Å²) in [5, 5.41) is 13.2. The molecule has 0 aliphatic heterocycles. The molecule has 1 aromatic rings. The van der Waals surface area contributed by atoms with Gasteiger partial charge in [-0.1, -0.05) is 34.4 Å². The fraction of sp³-hybridized carbons (Fsp3) is 0.385. The lowest BCUT2D eigenvalue weighted by atomic mass is 9.82. The Balaban J connectivity index is 2.42. The van der Waals surface area contributed by atoms with Crippen molar-refractivity contribution in [2.45, 2.75) is 19.8 Å². The number of rotatable bonds is 2. The summed E-state index contributed by atoms with van der Waals surface area (Å²) in [5.74, 6) is -0.709. The van der Waals surface area contributed by atoms with Gasteiger partial charge >= 0.3 is 5.97 Å². The van der Waals surface area contributed by atoms with Crippen LogP contribution < -0.4 is 0 Å². The predicted octanol–water partition coefficient (Wildman–Crippen LogP) is 3.30. The maximum absolute atomic E-state index is 11.8. The molecule has 1 N–H and O–H groups in total. The Kier molecular flexibility index (Phi) is 4.32. The number of halogens is 2. The molecule has 0 spiro atoms. The van der Waals surface area contributed by atoms with E-state index in [1.54, 1.807) is 19.1 Å². The second kappa shape index (κ2) is 5.80. The van der Waals surface area contributed by atoms with Crippen LogP contribution in [-0.4, -0.2) is 23.5 Å². The van der Waals surface area contributed by atoms with Crippen molar-refractivity contribution >= 4 is 34.9 Å². The zero-order chi connectivity index (χ0) is 14.0. The summed E-state index contributed by atoms with van der Waals surface area (Å²) < 4.78 is 5.01. The van der Waals surface area contributed by atoms with Crippen LogP contribution in [0.4, 0.5) is 0 Å². The van der Waals surface area contributed by atoms with E-state index in [4.69, 9.17) is 33.1 Å². The van der Waals surface area contributed by atoms with Crippen LogP contribution in [-0.2, 0) is 16.0 Å². The third-order valence-electron chi connectivity index (χ3n) is 3.14. The number of hydrogen-bond donors (Lipinski definition) is 1. The zero-order valence-corrected chi connectivity index (χ0v) is 11.8. The molecular formula is C13H13Cl2NO3. The Labute approximate surface area is 121 Å². The molecule has 1 aromatic carbocycles. The van der Waals surface area contributed by atoms with Gasteiger partial charge in [-0.3, -0.25) is 4.79 Å². The Morgan fingerprint density at radius 3 is 2.84 bits per heavy atom. The van der Waals surface area contributed by atoms with Gasteiger partial charge in [0.2, 0.25) is 0 Å². The maximum atomic E-state index is 11.8. The van der Waals surface area contributed by atoms with E-state index in [1.807, 2.05) is 0 Å². The molecule has 19 heavy (non-hydrogen) atoms. The van der Waals surface area contributed by atoms with Crippen LogP contribution >= 0.6 is 23.2 Å². The molecule has 0 aromatic heterocycles. The number of fused-ring (bicyclic) bond motifs is 1. The summed E-state index contributed by atoms with van der Waals surface area (Å²) >= 11 is 12.1.